The summed E-state index contributed by atoms with van der Waals surface area (Å²) in [4.78, 5) is 12.5. The number of amides is 1. The first-order valence-electron chi connectivity index (χ1n) is 30.3. The number of aliphatic hydroxyl groups excluding tert-OH is 2. The van der Waals surface area contributed by atoms with Crippen molar-refractivity contribution in [2.45, 2.75) is 315 Å². The predicted octanol–water partition coefficient (Wildman–Crippen LogP) is 20.3. The van der Waals surface area contributed by atoms with Gasteiger partial charge in [0.05, 0.1) is 18.8 Å². The fourth-order valence-electron chi connectivity index (χ4n) is 9.05. The molecule has 0 heterocycles. The summed E-state index contributed by atoms with van der Waals surface area (Å²) < 4.78 is 0. The second-order valence-electron chi connectivity index (χ2n) is 20.4. The van der Waals surface area contributed by atoms with Crippen molar-refractivity contribution in [1.29, 1.82) is 0 Å². The number of carbonyl (C=O) groups is 1. The molecule has 0 saturated heterocycles. The molecular weight excluding hydrogens is 843 g/mol. The van der Waals surface area contributed by atoms with Crippen LogP contribution in [-0.2, 0) is 4.79 Å². The second-order valence-corrected chi connectivity index (χ2v) is 20.4. The molecule has 0 aromatic rings. The Balaban J connectivity index is 3.53. The Morgan fingerprint density at radius 3 is 1.01 bits per heavy atom. The normalized spacial score (nSPS) is 13.4. The van der Waals surface area contributed by atoms with Gasteiger partial charge in [0, 0.05) is 6.42 Å². The van der Waals surface area contributed by atoms with Gasteiger partial charge in [-0.25, -0.2) is 0 Å². The summed E-state index contributed by atoms with van der Waals surface area (Å²) in [5.74, 6) is -0.0750. The maximum Gasteiger partial charge on any atom is 0.220 e. The van der Waals surface area contributed by atoms with Gasteiger partial charge in [0.15, 0.2) is 0 Å². The van der Waals surface area contributed by atoms with E-state index >= 15 is 0 Å². The first kappa shape index (κ1) is 66.6. The monoisotopic (exact) mass is 960 g/mol. The van der Waals surface area contributed by atoms with E-state index in [2.05, 4.69) is 92.1 Å². The Labute approximate surface area is 431 Å². The van der Waals surface area contributed by atoms with Crippen molar-refractivity contribution in [2.24, 2.45) is 0 Å². The molecule has 0 saturated carbocycles. The lowest BCUT2D eigenvalue weighted by Gasteiger charge is -2.19. The molecule has 4 heteroatoms. The Morgan fingerprint density at radius 2 is 0.652 bits per heavy atom. The molecule has 4 nitrogen and oxygen atoms in total. The van der Waals surface area contributed by atoms with Crippen LogP contribution in [0.4, 0.5) is 0 Å². The van der Waals surface area contributed by atoms with Crippen molar-refractivity contribution in [1.82, 2.24) is 5.32 Å². The van der Waals surface area contributed by atoms with E-state index in [0.717, 1.165) is 64.2 Å². The van der Waals surface area contributed by atoms with Crippen LogP contribution >= 0.6 is 0 Å². The van der Waals surface area contributed by atoms with Gasteiger partial charge < -0.3 is 15.5 Å². The lowest BCUT2D eigenvalue weighted by molar-refractivity contribution is -0.123. The Hall–Kier alpha value is -2.43. The molecule has 0 aliphatic heterocycles. The van der Waals surface area contributed by atoms with Gasteiger partial charge in [-0.15, -0.1) is 0 Å². The third kappa shape index (κ3) is 56.4. The minimum absolute atomic E-state index is 0.0750. The number of rotatable bonds is 55. The minimum atomic E-state index is -0.868. The van der Waals surface area contributed by atoms with Gasteiger partial charge in [-0.2, -0.15) is 0 Å². The number of hydrogen-bond donors (Lipinski definition) is 3. The quantitative estimate of drug-likeness (QED) is 0.0420. The molecule has 0 fully saturated rings. The van der Waals surface area contributed by atoms with Crippen LogP contribution in [0.15, 0.2) is 85.1 Å². The van der Waals surface area contributed by atoms with Crippen molar-refractivity contribution >= 4 is 5.91 Å². The van der Waals surface area contributed by atoms with E-state index in [-0.39, 0.29) is 12.5 Å². The molecule has 2 unspecified atom stereocenters. The molecule has 0 rings (SSSR count). The van der Waals surface area contributed by atoms with Gasteiger partial charge in [0.25, 0.3) is 0 Å². The third-order valence-corrected chi connectivity index (χ3v) is 13.6. The maximum atomic E-state index is 12.5. The van der Waals surface area contributed by atoms with E-state index in [9.17, 15) is 15.0 Å². The number of aliphatic hydroxyl groups is 2. The zero-order valence-electron chi connectivity index (χ0n) is 46.1. The largest absolute Gasteiger partial charge is 0.394 e. The van der Waals surface area contributed by atoms with Crippen molar-refractivity contribution in [3.63, 3.8) is 0 Å². The van der Waals surface area contributed by atoms with Crippen LogP contribution in [0.1, 0.15) is 303 Å². The molecule has 0 aliphatic rings. The SMILES string of the molecule is CC/C=C\C/C=C\C/C=C\C/C=C\C/C=C\CCCCCCCCCCCCCCCC(=O)NC(CO)C(O)/C=C/CC/C=C/CCCCCCCCCCCCCCCCCCCCCCCC. The summed E-state index contributed by atoms with van der Waals surface area (Å²) in [6, 6.07) is -0.646. The molecule has 69 heavy (non-hydrogen) atoms. The molecule has 1 amide bonds. The smallest absolute Gasteiger partial charge is 0.220 e. The van der Waals surface area contributed by atoms with Gasteiger partial charge >= 0.3 is 0 Å². The summed E-state index contributed by atoms with van der Waals surface area (Å²) in [6.45, 7) is 4.21. The van der Waals surface area contributed by atoms with E-state index < -0.39 is 12.1 Å². The number of allylic oxidation sites excluding steroid dienone is 13. The van der Waals surface area contributed by atoms with Gasteiger partial charge in [-0.3, -0.25) is 4.79 Å². The van der Waals surface area contributed by atoms with Gasteiger partial charge in [-0.1, -0.05) is 304 Å². The van der Waals surface area contributed by atoms with Crippen LogP contribution < -0.4 is 5.32 Å². The highest BCUT2D eigenvalue weighted by molar-refractivity contribution is 5.76. The van der Waals surface area contributed by atoms with E-state index in [1.54, 1.807) is 6.08 Å². The summed E-state index contributed by atoms with van der Waals surface area (Å²) >= 11 is 0. The van der Waals surface area contributed by atoms with Gasteiger partial charge in [-0.05, 0) is 77.0 Å². The highest BCUT2D eigenvalue weighted by Gasteiger charge is 2.18. The first-order valence-corrected chi connectivity index (χ1v) is 30.3. The summed E-state index contributed by atoms with van der Waals surface area (Å²) in [6.07, 6.45) is 87.6. The second kappa shape index (κ2) is 59.9. The molecule has 3 N–H and O–H groups in total. The van der Waals surface area contributed by atoms with Crippen molar-refractivity contribution in [3.05, 3.63) is 85.1 Å². The standard InChI is InChI=1S/C65H117NO3/c1-3-5-7-9-11-13-15-17-19-21-23-25-27-29-31-33-35-37-39-41-43-45-47-49-51-53-55-57-59-61-65(69)66-63(62-67)64(68)60-58-56-54-52-50-48-46-44-42-40-38-36-34-32-30-28-26-24-22-20-18-16-14-12-10-8-6-4-2/h5,7,11,13,17,19,23,25,29,31,50,52,58,60,63-64,67-68H,3-4,6,8-10,12,14-16,18,20-22,24,26-28,30,32-49,51,53-57,59,61-62H2,1-2H3,(H,66,69)/b7-5-,13-11-,19-17-,25-23-,31-29-,52-50+,60-58+. The fraction of sp³-hybridized carbons (Fsp3) is 0.769. The van der Waals surface area contributed by atoms with Crippen LogP contribution in [0.3, 0.4) is 0 Å². The maximum absolute atomic E-state index is 12.5. The molecule has 0 aromatic carbocycles. The predicted molar refractivity (Wildman–Crippen MR) is 308 cm³/mol. The zero-order chi connectivity index (χ0) is 49.9. The topological polar surface area (TPSA) is 69.6 Å². The Bertz CT molecular complexity index is 1230. The van der Waals surface area contributed by atoms with Gasteiger partial charge in [0.2, 0.25) is 5.91 Å². The van der Waals surface area contributed by atoms with E-state index in [1.807, 2.05) is 6.08 Å². The molecule has 400 valence electrons. The van der Waals surface area contributed by atoms with Crippen molar-refractivity contribution in [3.8, 4) is 0 Å². The molecular formula is C65H117NO3. The number of carbonyl (C=O) groups excluding carboxylic acids is 1. The molecule has 0 spiro atoms. The van der Waals surface area contributed by atoms with Crippen LogP contribution in [0.5, 0.6) is 0 Å². The van der Waals surface area contributed by atoms with Crippen LogP contribution in [0.25, 0.3) is 0 Å². The third-order valence-electron chi connectivity index (χ3n) is 13.6. The van der Waals surface area contributed by atoms with Gasteiger partial charge in [0.1, 0.15) is 0 Å². The molecule has 0 aliphatic carbocycles. The van der Waals surface area contributed by atoms with Crippen molar-refractivity contribution < 1.29 is 15.0 Å². The Kier molecular flexibility index (Phi) is 57.8. The fourth-order valence-corrected chi connectivity index (χ4v) is 9.05. The highest BCUT2D eigenvalue weighted by atomic mass is 16.3. The molecule has 0 aromatic heterocycles. The van der Waals surface area contributed by atoms with E-state index in [1.165, 1.54) is 218 Å². The van der Waals surface area contributed by atoms with Crippen LogP contribution in [-0.4, -0.2) is 34.9 Å². The lowest BCUT2D eigenvalue weighted by Crippen LogP contribution is -2.45. The van der Waals surface area contributed by atoms with Crippen LogP contribution in [0, 0.1) is 0 Å². The minimum Gasteiger partial charge on any atom is -0.394 e. The molecule has 0 radical (unpaired) electrons. The average Bonchev–Trinajstić information content (AvgIpc) is 3.35. The summed E-state index contributed by atoms with van der Waals surface area (Å²) in [5.41, 5.74) is 0. The number of nitrogens with one attached hydrogen (secondary N) is 1. The highest BCUT2D eigenvalue weighted by Crippen LogP contribution is 2.17. The Morgan fingerprint density at radius 1 is 0.362 bits per heavy atom. The van der Waals surface area contributed by atoms with Crippen LogP contribution in [0.2, 0.25) is 0 Å². The number of hydrogen-bond acceptors (Lipinski definition) is 3. The lowest BCUT2D eigenvalue weighted by atomic mass is 10.0. The zero-order valence-corrected chi connectivity index (χ0v) is 46.1. The average molecular weight is 961 g/mol. The summed E-state index contributed by atoms with van der Waals surface area (Å²) in [5, 5.41) is 23.2. The van der Waals surface area contributed by atoms with E-state index in [4.69, 9.17) is 0 Å². The summed E-state index contributed by atoms with van der Waals surface area (Å²) in [7, 11) is 0. The molecule has 2 atom stereocenters. The molecule has 0 bridgehead atoms. The number of unbranched alkanes of at least 4 members (excludes halogenated alkanes) is 36. The van der Waals surface area contributed by atoms with E-state index in [0.29, 0.717) is 6.42 Å². The first-order chi connectivity index (χ1) is 34.2. The van der Waals surface area contributed by atoms with Crippen molar-refractivity contribution in [2.75, 3.05) is 6.61 Å².